The van der Waals surface area contributed by atoms with E-state index < -0.39 is 0 Å². The van der Waals surface area contributed by atoms with Crippen molar-refractivity contribution in [2.24, 2.45) is 29.1 Å². The fourth-order valence-electron chi connectivity index (χ4n) is 7.13. The van der Waals surface area contributed by atoms with Gasteiger partial charge in [0.15, 0.2) is 0 Å². The van der Waals surface area contributed by atoms with Gasteiger partial charge in [0.1, 0.15) is 0 Å². The fraction of sp³-hybridized carbons (Fsp3) is 1.00. The van der Waals surface area contributed by atoms with Crippen LogP contribution in [-0.2, 0) is 0 Å². The van der Waals surface area contributed by atoms with Gasteiger partial charge in [0.25, 0.3) is 0 Å². The quantitative estimate of drug-likeness (QED) is 0.780. The monoisotopic (exact) mass is 275 g/mol. The van der Waals surface area contributed by atoms with E-state index >= 15 is 0 Å². The van der Waals surface area contributed by atoms with Crippen LogP contribution < -0.4 is 5.32 Å². The molecule has 20 heavy (non-hydrogen) atoms. The van der Waals surface area contributed by atoms with E-state index in [1.165, 1.54) is 38.6 Å². The van der Waals surface area contributed by atoms with Crippen LogP contribution in [0.2, 0.25) is 0 Å². The highest BCUT2D eigenvalue weighted by molar-refractivity contribution is 5.07. The molecule has 0 saturated heterocycles. The highest BCUT2D eigenvalue weighted by Gasteiger charge is 2.55. The zero-order valence-corrected chi connectivity index (χ0v) is 13.4. The summed E-state index contributed by atoms with van der Waals surface area (Å²) in [7, 11) is 0. The van der Waals surface area contributed by atoms with E-state index in [1.54, 1.807) is 38.5 Å². The van der Waals surface area contributed by atoms with Crippen LogP contribution in [0.5, 0.6) is 0 Å². The lowest BCUT2D eigenvalue weighted by atomic mass is 9.46. The molecule has 5 saturated carbocycles. The lowest BCUT2D eigenvalue weighted by Crippen LogP contribution is -2.58. The van der Waals surface area contributed by atoms with E-state index in [0.29, 0.717) is 5.41 Å². The van der Waals surface area contributed by atoms with Crippen molar-refractivity contribution in [2.75, 3.05) is 6.54 Å². The van der Waals surface area contributed by atoms with E-state index in [1.807, 2.05) is 0 Å². The smallest absolute Gasteiger partial charge is 0.0152 e. The summed E-state index contributed by atoms with van der Waals surface area (Å²) in [5.74, 6) is 4.31. The van der Waals surface area contributed by atoms with Gasteiger partial charge in [0, 0.05) is 6.04 Å². The fourth-order valence-corrected chi connectivity index (χ4v) is 7.13. The third kappa shape index (κ3) is 2.25. The molecule has 1 unspecified atom stereocenters. The normalized spacial score (nSPS) is 45.8. The number of hydrogen-bond acceptors (Lipinski definition) is 1. The van der Waals surface area contributed by atoms with Crippen molar-refractivity contribution in [3.8, 4) is 0 Å². The maximum atomic E-state index is 4.01. The summed E-state index contributed by atoms with van der Waals surface area (Å²) in [6.07, 6.45) is 17.0. The Morgan fingerprint density at radius 1 is 0.900 bits per heavy atom. The van der Waals surface area contributed by atoms with Gasteiger partial charge in [-0.3, -0.25) is 0 Å². The molecule has 4 bridgehead atoms. The lowest BCUT2D eigenvalue weighted by Gasteiger charge is -2.61. The molecule has 0 spiro atoms. The van der Waals surface area contributed by atoms with E-state index in [4.69, 9.17) is 0 Å². The zero-order valence-electron chi connectivity index (χ0n) is 13.4. The molecule has 1 nitrogen and oxygen atoms in total. The summed E-state index contributed by atoms with van der Waals surface area (Å²) in [5, 5.41) is 4.01. The largest absolute Gasteiger partial charge is 0.313 e. The first-order valence-electron chi connectivity index (χ1n) is 9.52. The van der Waals surface area contributed by atoms with Crippen LogP contribution in [0, 0.1) is 29.1 Å². The molecule has 5 fully saturated rings. The zero-order chi connectivity index (χ0) is 13.6. The van der Waals surface area contributed by atoms with Crippen molar-refractivity contribution in [1.82, 2.24) is 5.32 Å². The predicted octanol–water partition coefficient (Wildman–Crippen LogP) is 4.76. The van der Waals surface area contributed by atoms with E-state index in [0.717, 1.165) is 29.7 Å². The average Bonchev–Trinajstić information content (AvgIpc) is 2.44. The van der Waals surface area contributed by atoms with Crippen LogP contribution >= 0.6 is 0 Å². The van der Waals surface area contributed by atoms with Gasteiger partial charge in [0.2, 0.25) is 0 Å². The highest BCUT2D eigenvalue weighted by atomic mass is 14.9. The third-order valence-corrected chi connectivity index (χ3v) is 7.29. The van der Waals surface area contributed by atoms with Crippen LogP contribution in [-0.4, -0.2) is 12.6 Å². The van der Waals surface area contributed by atoms with Crippen LogP contribution in [0.4, 0.5) is 0 Å². The Kier molecular flexibility index (Phi) is 3.61. The van der Waals surface area contributed by atoms with Gasteiger partial charge in [-0.15, -0.1) is 0 Å². The first-order valence-corrected chi connectivity index (χ1v) is 9.52. The van der Waals surface area contributed by atoms with Crippen molar-refractivity contribution in [1.29, 1.82) is 0 Å². The molecule has 0 aromatic heterocycles. The minimum atomic E-state index is 0.715. The molecule has 1 N–H and O–H groups in total. The Hall–Kier alpha value is -0.0400. The maximum absolute atomic E-state index is 4.01. The molecule has 1 atom stereocenters. The molecular weight excluding hydrogens is 242 g/mol. The van der Waals surface area contributed by atoms with Gasteiger partial charge in [-0.1, -0.05) is 26.2 Å². The molecule has 0 aromatic carbocycles. The number of nitrogens with one attached hydrogen (secondary N) is 1. The Morgan fingerprint density at radius 3 is 1.95 bits per heavy atom. The van der Waals surface area contributed by atoms with Crippen molar-refractivity contribution in [2.45, 2.75) is 83.6 Å². The molecule has 5 aliphatic rings. The van der Waals surface area contributed by atoms with Crippen LogP contribution in [0.3, 0.4) is 0 Å². The Balaban J connectivity index is 1.58. The minimum absolute atomic E-state index is 0.715. The van der Waals surface area contributed by atoms with Crippen LogP contribution in [0.15, 0.2) is 0 Å². The van der Waals surface area contributed by atoms with E-state index in [9.17, 15) is 0 Å². The van der Waals surface area contributed by atoms with Gasteiger partial charge < -0.3 is 5.32 Å². The third-order valence-electron chi connectivity index (χ3n) is 7.29. The first-order chi connectivity index (χ1) is 9.79. The molecule has 0 heterocycles. The molecule has 0 aromatic rings. The molecule has 0 amide bonds. The summed E-state index contributed by atoms with van der Waals surface area (Å²) < 4.78 is 0. The van der Waals surface area contributed by atoms with Gasteiger partial charge in [-0.05, 0) is 87.0 Å². The van der Waals surface area contributed by atoms with E-state index in [-0.39, 0.29) is 0 Å². The van der Waals surface area contributed by atoms with Crippen molar-refractivity contribution in [3.63, 3.8) is 0 Å². The second-order valence-corrected chi connectivity index (χ2v) is 8.71. The highest BCUT2D eigenvalue weighted by Crippen LogP contribution is 2.62. The summed E-state index contributed by atoms with van der Waals surface area (Å²) >= 11 is 0. The molecule has 5 rings (SSSR count). The van der Waals surface area contributed by atoms with Gasteiger partial charge in [0.05, 0.1) is 0 Å². The van der Waals surface area contributed by atoms with E-state index in [2.05, 4.69) is 12.2 Å². The lowest BCUT2D eigenvalue weighted by molar-refractivity contribution is -0.0875. The second-order valence-electron chi connectivity index (χ2n) is 8.71. The number of hydrogen-bond donors (Lipinski definition) is 1. The first kappa shape index (κ1) is 13.6. The summed E-state index contributed by atoms with van der Waals surface area (Å²) in [6, 6.07) is 0.862. The van der Waals surface area contributed by atoms with Crippen LogP contribution in [0.1, 0.15) is 77.6 Å². The molecule has 0 radical (unpaired) electrons. The Bertz CT molecular complexity index is 306. The molecule has 114 valence electrons. The second kappa shape index (κ2) is 5.30. The molecular formula is C19H33N. The average molecular weight is 275 g/mol. The SMILES string of the molecule is CCNC(C1CCCCC1)C12CC3CC(CC(C3)C1)C2. The Labute approximate surface area is 125 Å². The molecule has 0 aliphatic heterocycles. The molecule has 1 heteroatoms. The van der Waals surface area contributed by atoms with Gasteiger partial charge in [-0.25, -0.2) is 0 Å². The topological polar surface area (TPSA) is 12.0 Å². The summed E-state index contributed by atoms with van der Waals surface area (Å²) in [4.78, 5) is 0. The van der Waals surface area contributed by atoms with Gasteiger partial charge >= 0.3 is 0 Å². The maximum Gasteiger partial charge on any atom is 0.0152 e. The van der Waals surface area contributed by atoms with Crippen LogP contribution in [0.25, 0.3) is 0 Å². The van der Waals surface area contributed by atoms with Gasteiger partial charge in [-0.2, -0.15) is 0 Å². The molecule has 5 aliphatic carbocycles. The standard InChI is InChI=1S/C19H33N/c1-2-20-18(17-6-4-3-5-7-17)19-11-14-8-15(12-19)10-16(9-14)13-19/h14-18,20H,2-13H2,1H3. The Morgan fingerprint density at radius 2 is 1.45 bits per heavy atom. The summed E-state index contributed by atoms with van der Waals surface area (Å²) in [6.45, 7) is 3.51. The van der Waals surface area contributed by atoms with Crippen molar-refractivity contribution in [3.05, 3.63) is 0 Å². The predicted molar refractivity (Wildman–Crippen MR) is 84.6 cm³/mol. The minimum Gasteiger partial charge on any atom is -0.313 e. The number of rotatable bonds is 4. The summed E-state index contributed by atoms with van der Waals surface area (Å²) in [5.41, 5.74) is 0.715. The van der Waals surface area contributed by atoms with Crippen molar-refractivity contribution >= 4 is 0 Å². The van der Waals surface area contributed by atoms with Crippen molar-refractivity contribution < 1.29 is 0 Å².